The lowest BCUT2D eigenvalue weighted by atomic mass is 10.0. The second kappa shape index (κ2) is 3.25. The second-order valence-electron chi connectivity index (χ2n) is 4.26. The van der Waals surface area contributed by atoms with Crippen LogP contribution in [-0.4, -0.2) is 0 Å². The van der Waals surface area contributed by atoms with Crippen molar-refractivity contribution < 1.29 is 4.74 Å². The fraction of sp³-hybridized carbons (Fsp3) is 0.500. The molecule has 0 N–H and O–H groups in total. The van der Waals surface area contributed by atoms with E-state index in [9.17, 15) is 0 Å². The Balaban J connectivity index is 1.91. The van der Waals surface area contributed by atoms with Gasteiger partial charge in [0.05, 0.1) is 18.6 Å². The first-order valence-corrected chi connectivity index (χ1v) is 5.62. The number of halogens is 1. The van der Waals surface area contributed by atoms with Gasteiger partial charge in [-0.15, -0.1) is 11.6 Å². The second-order valence-corrected chi connectivity index (χ2v) is 4.73. The maximum absolute atomic E-state index is 6.36. The van der Waals surface area contributed by atoms with E-state index in [4.69, 9.17) is 16.3 Å². The summed E-state index contributed by atoms with van der Waals surface area (Å²) in [5, 5.41) is 0.223. The molecular weight excluding hydrogens is 196 g/mol. The lowest BCUT2D eigenvalue weighted by Gasteiger charge is -2.09. The van der Waals surface area contributed by atoms with E-state index < -0.39 is 0 Å². The fourth-order valence-corrected chi connectivity index (χ4v) is 2.41. The zero-order chi connectivity index (χ0) is 9.54. The van der Waals surface area contributed by atoms with E-state index in [1.165, 1.54) is 29.5 Å². The summed E-state index contributed by atoms with van der Waals surface area (Å²) in [4.78, 5) is 0. The van der Waals surface area contributed by atoms with Gasteiger partial charge in [-0.3, -0.25) is 0 Å². The van der Waals surface area contributed by atoms with E-state index in [0.717, 1.165) is 19.1 Å². The van der Waals surface area contributed by atoms with E-state index in [2.05, 4.69) is 18.2 Å². The molecule has 2 heteroatoms. The molecule has 0 aromatic heterocycles. The summed E-state index contributed by atoms with van der Waals surface area (Å²) < 4.78 is 5.38. The Bertz CT molecular complexity index is 357. The monoisotopic (exact) mass is 208 g/mol. The first-order valence-electron chi connectivity index (χ1n) is 5.18. The van der Waals surface area contributed by atoms with E-state index in [0.29, 0.717) is 0 Å². The van der Waals surface area contributed by atoms with Crippen LogP contribution in [0.1, 0.15) is 34.9 Å². The third-order valence-corrected chi connectivity index (χ3v) is 3.71. The van der Waals surface area contributed by atoms with E-state index >= 15 is 0 Å². The number of fused-ring (bicyclic) bond motifs is 1. The Morgan fingerprint density at radius 1 is 1.21 bits per heavy atom. The largest absolute Gasteiger partial charge is 0.372 e. The number of hydrogen-bond donors (Lipinski definition) is 0. The van der Waals surface area contributed by atoms with Crippen LogP contribution in [0.3, 0.4) is 0 Å². The van der Waals surface area contributed by atoms with Crippen LogP contribution in [0.25, 0.3) is 0 Å². The average Bonchev–Trinajstić information content (AvgIpc) is 2.95. The maximum Gasteiger partial charge on any atom is 0.0725 e. The topological polar surface area (TPSA) is 9.23 Å². The van der Waals surface area contributed by atoms with Gasteiger partial charge in [0.2, 0.25) is 0 Å². The van der Waals surface area contributed by atoms with Gasteiger partial charge in [0.15, 0.2) is 0 Å². The van der Waals surface area contributed by atoms with Crippen molar-refractivity contribution in [2.24, 2.45) is 5.92 Å². The zero-order valence-electron chi connectivity index (χ0n) is 8.00. The SMILES string of the molecule is ClC(c1ccc2c(c1)COC2)C1CC1. The lowest BCUT2D eigenvalue weighted by Crippen LogP contribution is -1.94. The summed E-state index contributed by atoms with van der Waals surface area (Å²) in [6.07, 6.45) is 2.59. The van der Waals surface area contributed by atoms with Crippen molar-refractivity contribution in [1.82, 2.24) is 0 Å². The molecule has 0 saturated heterocycles. The summed E-state index contributed by atoms with van der Waals surface area (Å²) in [7, 11) is 0. The molecule has 1 fully saturated rings. The third kappa shape index (κ3) is 1.45. The minimum atomic E-state index is 0.223. The van der Waals surface area contributed by atoms with Gasteiger partial charge in [-0.25, -0.2) is 0 Å². The third-order valence-electron chi connectivity index (χ3n) is 3.10. The number of alkyl halides is 1. The van der Waals surface area contributed by atoms with Gasteiger partial charge in [0.25, 0.3) is 0 Å². The Morgan fingerprint density at radius 3 is 2.79 bits per heavy atom. The van der Waals surface area contributed by atoms with Gasteiger partial charge in [0.1, 0.15) is 0 Å². The molecule has 1 aliphatic heterocycles. The zero-order valence-corrected chi connectivity index (χ0v) is 8.76. The molecule has 3 rings (SSSR count). The molecule has 1 unspecified atom stereocenters. The highest BCUT2D eigenvalue weighted by molar-refractivity contribution is 6.21. The quantitative estimate of drug-likeness (QED) is 0.677. The maximum atomic E-state index is 6.36. The van der Waals surface area contributed by atoms with Crippen LogP contribution in [0.2, 0.25) is 0 Å². The summed E-state index contributed by atoms with van der Waals surface area (Å²) in [6.45, 7) is 1.53. The lowest BCUT2D eigenvalue weighted by molar-refractivity contribution is 0.134. The van der Waals surface area contributed by atoms with Crippen molar-refractivity contribution in [1.29, 1.82) is 0 Å². The van der Waals surface area contributed by atoms with Crippen molar-refractivity contribution in [2.45, 2.75) is 31.4 Å². The van der Waals surface area contributed by atoms with Crippen molar-refractivity contribution in [3.8, 4) is 0 Å². The van der Waals surface area contributed by atoms with Crippen LogP contribution < -0.4 is 0 Å². The Labute approximate surface area is 89.0 Å². The predicted molar refractivity (Wildman–Crippen MR) is 56.3 cm³/mol. The first kappa shape index (κ1) is 8.75. The van der Waals surface area contributed by atoms with Crippen LogP contribution in [0, 0.1) is 5.92 Å². The first-order chi connectivity index (χ1) is 6.84. The van der Waals surface area contributed by atoms with Gasteiger partial charge >= 0.3 is 0 Å². The molecule has 0 spiro atoms. The summed E-state index contributed by atoms with van der Waals surface area (Å²) >= 11 is 6.36. The standard InChI is InChI=1S/C12H13ClO/c13-12(8-1-2-8)9-3-4-10-6-14-7-11(10)5-9/h3-5,8,12H,1-2,6-7H2. The van der Waals surface area contributed by atoms with E-state index in [1.54, 1.807) is 0 Å². The molecule has 2 aliphatic rings. The van der Waals surface area contributed by atoms with Gasteiger partial charge in [-0.05, 0) is 35.4 Å². The molecule has 0 bridgehead atoms. The van der Waals surface area contributed by atoms with Gasteiger partial charge in [-0.2, -0.15) is 0 Å². The van der Waals surface area contributed by atoms with Gasteiger partial charge in [0, 0.05) is 0 Å². The summed E-state index contributed by atoms with van der Waals surface area (Å²) in [5.74, 6) is 0.719. The molecule has 1 saturated carbocycles. The number of hydrogen-bond acceptors (Lipinski definition) is 1. The van der Waals surface area contributed by atoms with Crippen LogP contribution >= 0.6 is 11.6 Å². The Morgan fingerprint density at radius 2 is 2.00 bits per heavy atom. The normalized spacial score (nSPS) is 22.1. The molecule has 1 atom stereocenters. The molecule has 1 aromatic rings. The molecule has 0 amide bonds. The number of ether oxygens (including phenoxy) is 1. The van der Waals surface area contributed by atoms with Crippen molar-refractivity contribution in [3.63, 3.8) is 0 Å². The van der Waals surface area contributed by atoms with Crippen LogP contribution in [0.15, 0.2) is 18.2 Å². The minimum Gasteiger partial charge on any atom is -0.372 e. The van der Waals surface area contributed by atoms with Crippen molar-refractivity contribution in [3.05, 3.63) is 34.9 Å². The molecule has 1 aromatic carbocycles. The fourth-order valence-electron chi connectivity index (χ4n) is 2.02. The Kier molecular flexibility index (Phi) is 2.03. The van der Waals surface area contributed by atoms with Crippen LogP contribution in [0.4, 0.5) is 0 Å². The summed E-state index contributed by atoms with van der Waals surface area (Å²) in [5.41, 5.74) is 3.93. The Hall–Kier alpha value is -0.530. The van der Waals surface area contributed by atoms with Gasteiger partial charge < -0.3 is 4.74 Å². The smallest absolute Gasteiger partial charge is 0.0725 e. The minimum absolute atomic E-state index is 0.223. The van der Waals surface area contributed by atoms with E-state index in [-0.39, 0.29) is 5.38 Å². The van der Waals surface area contributed by atoms with Crippen molar-refractivity contribution in [2.75, 3.05) is 0 Å². The highest BCUT2D eigenvalue weighted by atomic mass is 35.5. The van der Waals surface area contributed by atoms with Crippen molar-refractivity contribution >= 4 is 11.6 Å². The molecule has 1 aliphatic carbocycles. The molecular formula is C12H13ClO. The molecule has 74 valence electrons. The number of rotatable bonds is 2. The highest BCUT2D eigenvalue weighted by Gasteiger charge is 2.31. The highest BCUT2D eigenvalue weighted by Crippen LogP contribution is 2.45. The predicted octanol–water partition coefficient (Wildman–Crippen LogP) is 3.41. The van der Waals surface area contributed by atoms with Crippen LogP contribution in [-0.2, 0) is 18.0 Å². The summed E-state index contributed by atoms with van der Waals surface area (Å²) in [6, 6.07) is 6.54. The number of benzene rings is 1. The molecule has 1 nitrogen and oxygen atoms in total. The molecule has 1 heterocycles. The molecule has 0 radical (unpaired) electrons. The average molecular weight is 209 g/mol. The van der Waals surface area contributed by atoms with E-state index in [1.807, 2.05) is 0 Å². The van der Waals surface area contributed by atoms with Gasteiger partial charge in [-0.1, -0.05) is 18.2 Å². The molecule has 14 heavy (non-hydrogen) atoms. The van der Waals surface area contributed by atoms with Crippen LogP contribution in [0.5, 0.6) is 0 Å².